The van der Waals surface area contributed by atoms with E-state index in [9.17, 15) is 19.1 Å². The molecule has 3 aromatic rings. The summed E-state index contributed by atoms with van der Waals surface area (Å²) < 4.78 is 13.8. The van der Waals surface area contributed by atoms with Crippen molar-refractivity contribution >= 4 is 40.8 Å². The van der Waals surface area contributed by atoms with E-state index >= 15 is 0 Å². The van der Waals surface area contributed by atoms with E-state index < -0.39 is 22.7 Å². The highest BCUT2D eigenvalue weighted by Crippen LogP contribution is 2.42. The molecule has 0 aliphatic carbocycles. The molecule has 5 rings (SSSR count). The number of fused-ring (bicyclic) bond motifs is 1. The van der Waals surface area contributed by atoms with Crippen LogP contribution in [0.3, 0.4) is 0 Å². The molecule has 11 heteroatoms. The maximum atomic E-state index is 13.8. The van der Waals surface area contributed by atoms with E-state index in [-0.39, 0.29) is 22.2 Å². The van der Waals surface area contributed by atoms with E-state index in [2.05, 4.69) is 14.9 Å². The smallest absolute Gasteiger partial charge is 0.337 e. The summed E-state index contributed by atoms with van der Waals surface area (Å²) in [4.78, 5) is 45.2. The molecule has 0 saturated carbocycles. The van der Waals surface area contributed by atoms with Gasteiger partial charge in [-0.2, -0.15) is 0 Å². The van der Waals surface area contributed by atoms with Crippen molar-refractivity contribution < 1.29 is 19.1 Å². The Bertz CT molecular complexity index is 1520. The highest BCUT2D eigenvalue weighted by atomic mass is 35.5. The van der Waals surface area contributed by atoms with Gasteiger partial charge in [-0.25, -0.2) is 24.1 Å². The molecule has 0 unspecified atom stereocenters. The van der Waals surface area contributed by atoms with Crippen molar-refractivity contribution in [3.63, 3.8) is 0 Å². The molecule has 2 aromatic heterocycles. The lowest BCUT2D eigenvalue weighted by atomic mass is 9.92. The zero-order chi connectivity index (χ0) is 29.1. The van der Waals surface area contributed by atoms with Crippen LogP contribution in [0.25, 0.3) is 0 Å². The molecule has 1 aromatic carbocycles. The molecule has 0 radical (unpaired) electrons. The van der Waals surface area contributed by atoms with Crippen molar-refractivity contribution in [3.05, 3.63) is 69.5 Å². The minimum absolute atomic E-state index is 0.0308. The van der Waals surface area contributed by atoms with Gasteiger partial charge in [0.25, 0.3) is 5.91 Å². The number of rotatable bonds is 4. The van der Waals surface area contributed by atoms with E-state index in [4.69, 9.17) is 16.6 Å². The molecule has 1 saturated heterocycles. The number of anilines is 3. The van der Waals surface area contributed by atoms with Gasteiger partial charge < -0.3 is 19.8 Å². The van der Waals surface area contributed by atoms with Gasteiger partial charge in [0.05, 0.1) is 33.7 Å². The number of nitrogens with zero attached hydrogens (tertiary/aromatic N) is 6. The van der Waals surface area contributed by atoms with Gasteiger partial charge in [0.1, 0.15) is 17.3 Å². The van der Waals surface area contributed by atoms with Crippen molar-refractivity contribution in [1.82, 2.24) is 19.9 Å². The summed E-state index contributed by atoms with van der Waals surface area (Å²) in [5, 5.41) is 9.52. The normalized spacial score (nSPS) is 17.6. The van der Waals surface area contributed by atoms with Crippen LogP contribution < -0.4 is 9.80 Å². The Hall–Kier alpha value is -3.79. The number of carboxylic acid groups (broad SMARTS) is 1. The Morgan fingerprint density at radius 3 is 2.40 bits per heavy atom. The van der Waals surface area contributed by atoms with Crippen molar-refractivity contribution in [1.29, 1.82) is 0 Å². The third-order valence-electron chi connectivity index (χ3n) is 7.71. The lowest BCUT2D eigenvalue weighted by Crippen LogP contribution is -2.61. The first-order chi connectivity index (χ1) is 18.7. The highest BCUT2D eigenvalue weighted by molar-refractivity contribution is 6.31. The predicted molar refractivity (Wildman–Crippen MR) is 151 cm³/mol. The Labute approximate surface area is 237 Å². The Morgan fingerprint density at radius 1 is 1.05 bits per heavy atom. The number of benzene rings is 1. The van der Waals surface area contributed by atoms with Crippen LogP contribution in [0.15, 0.2) is 30.5 Å². The summed E-state index contributed by atoms with van der Waals surface area (Å²) in [5.41, 5.74) is 2.04. The molecule has 1 N–H and O–H groups in total. The number of aromatic nitrogens is 3. The van der Waals surface area contributed by atoms with Gasteiger partial charge in [0.15, 0.2) is 5.82 Å². The van der Waals surface area contributed by atoms with Gasteiger partial charge >= 0.3 is 5.97 Å². The summed E-state index contributed by atoms with van der Waals surface area (Å²) in [6, 6.07) is 6.34. The average molecular weight is 567 g/mol. The summed E-state index contributed by atoms with van der Waals surface area (Å²) in [6.07, 6.45) is 1.50. The van der Waals surface area contributed by atoms with Gasteiger partial charge in [-0.15, -0.1) is 0 Å². The maximum absolute atomic E-state index is 13.8. The Morgan fingerprint density at radius 2 is 1.77 bits per heavy atom. The van der Waals surface area contributed by atoms with Gasteiger partial charge in [0, 0.05) is 37.3 Å². The van der Waals surface area contributed by atoms with E-state index in [1.54, 1.807) is 32.0 Å². The number of amides is 1. The molecule has 9 nitrogen and oxygen atoms in total. The van der Waals surface area contributed by atoms with Crippen LogP contribution in [0.2, 0.25) is 5.02 Å². The second-order valence-electron chi connectivity index (χ2n) is 11.7. The SMILES string of the molecule is Cc1cc(N2CCN(C(=O)c3cnc4c(n3)C(C)(C)CN4c3ccc(F)c(Cl)c3)C(C)(C)C2)nc(C)c1C(=O)O. The fraction of sp³-hybridized carbons (Fsp3) is 0.414. The van der Waals surface area contributed by atoms with Crippen LogP contribution in [-0.4, -0.2) is 68.6 Å². The van der Waals surface area contributed by atoms with Crippen LogP contribution >= 0.6 is 11.6 Å². The molecule has 40 heavy (non-hydrogen) atoms. The number of carbonyl (C=O) groups excluding carboxylic acids is 1. The molecule has 0 atom stereocenters. The molecule has 1 amide bonds. The summed E-state index contributed by atoms with van der Waals surface area (Å²) in [5.74, 6) is -0.374. The van der Waals surface area contributed by atoms with Crippen molar-refractivity contribution in [2.75, 3.05) is 36.0 Å². The number of carboxylic acids is 1. The van der Waals surface area contributed by atoms with E-state index in [1.165, 1.54) is 12.3 Å². The van der Waals surface area contributed by atoms with Crippen LogP contribution in [0, 0.1) is 19.7 Å². The largest absolute Gasteiger partial charge is 0.478 e. The van der Waals surface area contributed by atoms with Crippen LogP contribution in [-0.2, 0) is 5.41 Å². The van der Waals surface area contributed by atoms with Gasteiger partial charge in [-0.05, 0) is 57.5 Å². The molecule has 210 valence electrons. The van der Waals surface area contributed by atoms with Crippen LogP contribution in [0.4, 0.5) is 21.7 Å². The highest BCUT2D eigenvalue weighted by Gasteiger charge is 2.42. The van der Waals surface area contributed by atoms with E-state index in [0.717, 1.165) is 0 Å². The third-order valence-corrected chi connectivity index (χ3v) is 8.00. The minimum atomic E-state index is -0.993. The maximum Gasteiger partial charge on any atom is 0.337 e. The Balaban J connectivity index is 1.39. The molecular weight excluding hydrogens is 535 g/mol. The number of hydrogen-bond acceptors (Lipinski definition) is 7. The number of hydrogen-bond donors (Lipinski definition) is 1. The first kappa shape index (κ1) is 27.8. The zero-order valence-corrected chi connectivity index (χ0v) is 24.2. The van der Waals surface area contributed by atoms with Crippen LogP contribution in [0.5, 0.6) is 0 Å². The van der Waals surface area contributed by atoms with Crippen LogP contribution in [0.1, 0.15) is 65.5 Å². The monoisotopic (exact) mass is 566 g/mol. The number of aromatic carboxylic acids is 1. The summed E-state index contributed by atoms with van der Waals surface area (Å²) >= 11 is 6.04. The molecule has 2 aliphatic heterocycles. The number of pyridine rings is 1. The molecule has 4 heterocycles. The quantitative estimate of drug-likeness (QED) is 0.462. The van der Waals surface area contributed by atoms with Gasteiger partial charge in [-0.3, -0.25) is 4.79 Å². The molecule has 1 fully saturated rings. The zero-order valence-electron chi connectivity index (χ0n) is 23.4. The molecule has 2 aliphatic rings. The number of carbonyl (C=O) groups is 2. The van der Waals surface area contributed by atoms with Crippen molar-refractivity contribution in [2.24, 2.45) is 0 Å². The molecule has 0 spiro atoms. The number of aryl methyl sites for hydroxylation is 2. The summed E-state index contributed by atoms with van der Waals surface area (Å²) in [6.45, 7) is 13.6. The third kappa shape index (κ3) is 4.74. The standard InChI is InChI=1S/C29H32ClFN6O3/c1-16-11-22(33-17(2)23(16)27(39)40)35-9-10-37(29(5,6)15-35)26(38)21-13-32-25-24(34-21)28(3,4)14-36(25)18-7-8-20(31)19(30)12-18/h7-8,11-13H,9-10,14-15H2,1-6H3,(H,39,40). The topological polar surface area (TPSA) is 103 Å². The first-order valence-electron chi connectivity index (χ1n) is 13.1. The number of halogens is 2. The fourth-order valence-electron chi connectivity index (χ4n) is 5.71. The first-order valence-corrected chi connectivity index (χ1v) is 13.5. The average Bonchev–Trinajstić information content (AvgIpc) is 3.14. The minimum Gasteiger partial charge on any atom is -0.478 e. The lowest BCUT2D eigenvalue weighted by Gasteiger charge is -2.47. The molecular formula is C29H32ClFN6O3. The van der Waals surface area contributed by atoms with Gasteiger partial charge in [-0.1, -0.05) is 25.4 Å². The molecule has 0 bridgehead atoms. The van der Waals surface area contributed by atoms with E-state index in [1.807, 2.05) is 37.5 Å². The fourth-order valence-corrected chi connectivity index (χ4v) is 5.89. The Kier molecular flexibility index (Phi) is 6.73. The summed E-state index contributed by atoms with van der Waals surface area (Å²) in [7, 11) is 0. The van der Waals surface area contributed by atoms with Crippen molar-refractivity contribution in [2.45, 2.75) is 52.5 Å². The van der Waals surface area contributed by atoms with Crippen molar-refractivity contribution in [3.8, 4) is 0 Å². The number of piperazine rings is 1. The predicted octanol–water partition coefficient (Wildman–Crippen LogP) is 5.15. The lowest BCUT2D eigenvalue weighted by molar-refractivity contribution is 0.0506. The van der Waals surface area contributed by atoms with E-state index in [0.29, 0.717) is 60.5 Å². The second-order valence-corrected chi connectivity index (χ2v) is 12.2. The second kappa shape index (κ2) is 9.69. The van der Waals surface area contributed by atoms with Gasteiger partial charge in [0.2, 0.25) is 0 Å².